The molecule has 1 aliphatic heterocycles. The maximum atomic E-state index is 11.5. The van der Waals surface area contributed by atoms with E-state index in [0.717, 1.165) is 25.9 Å². The van der Waals surface area contributed by atoms with Crippen LogP contribution >= 0.6 is 0 Å². The van der Waals surface area contributed by atoms with Gasteiger partial charge in [-0.25, -0.2) is 0 Å². The summed E-state index contributed by atoms with van der Waals surface area (Å²) in [6.45, 7) is 8.21. The predicted octanol–water partition coefficient (Wildman–Crippen LogP) is 1.73. The van der Waals surface area contributed by atoms with E-state index in [1.165, 1.54) is 0 Å². The molecule has 1 heterocycles. The SMILES string of the molecule is CC1CC2(C)CNCC(C)(C1)C2C(=O)O. The normalized spacial score (nSPS) is 50.1. The van der Waals surface area contributed by atoms with E-state index in [0.29, 0.717) is 5.92 Å². The summed E-state index contributed by atoms with van der Waals surface area (Å²) in [5.41, 5.74) is -0.118. The van der Waals surface area contributed by atoms with Crippen LogP contribution in [0.4, 0.5) is 0 Å². The van der Waals surface area contributed by atoms with E-state index < -0.39 is 5.97 Å². The average Bonchev–Trinajstić information content (AvgIpc) is 1.97. The van der Waals surface area contributed by atoms with Gasteiger partial charge in [-0.05, 0) is 29.6 Å². The number of aliphatic carboxylic acids is 1. The summed E-state index contributed by atoms with van der Waals surface area (Å²) >= 11 is 0. The van der Waals surface area contributed by atoms with Gasteiger partial charge in [0, 0.05) is 13.1 Å². The highest BCUT2D eigenvalue weighted by molar-refractivity contribution is 5.72. The standard InChI is InChI=1S/C12H21NO2/c1-8-4-11(2)6-13-7-12(3,5-8)9(11)10(14)15/h8-9,13H,4-7H2,1-3H3,(H,14,15). The Balaban J connectivity index is 2.39. The zero-order valence-electron chi connectivity index (χ0n) is 9.84. The van der Waals surface area contributed by atoms with Crippen molar-refractivity contribution in [2.75, 3.05) is 13.1 Å². The quantitative estimate of drug-likeness (QED) is 0.694. The van der Waals surface area contributed by atoms with Gasteiger partial charge in [-0.3, -0.25) is 4.79 Å². The van der Waals surface area contributed by atoms with E-state index >= 15 is 0 Å². The molecule has 1 saturated heterocycles. The van der Waals surface area contributed by atoms with Gasteiger partial charge in [-0.15, -0.1) is 0 Å². The van der Waals surface area contributed by atoms with Gasteiger partial charge in [-0.2, -0.15) is 0 Å². The van der Waals surface area contributed by atoms with E-state index in [-0.39, 0.29) is 16.7 Å². The summed E-state index contributed by atoms with van der Waals surface area (Å²) in [4.78, 5) is 11.5. The molecule has 3 nitrogen and oxygen atoms in total. The van der Waals surface area contributed by atoms with Crippen LogP contribution in [0.5, 0.6) is 0 Å². The van der Waals surface area contributed by atoms with E-state index in [1.54, 1.807) is 0 Å². The van der Waals surface area contributed by atoms with Gasteiger partial charge in [0.1, 0.15) is 0 Å². The minimum absolute atomic E-state index is 0.0590. The fraction of sp³-hybridized carbons (Fsp3) is 0.917. The first-order chi connectivity index (χ1) is 6.87. The molecule has 2 rings (SSSR count). The van der Waals surface area contributed by atoms with Crippen molar-refractivity contribution in [3.05, 3.63) is 0 Å². The topological polar surface area (TPSA) is 49.3 Å². The van der Waals surface area contributed by atoms with Crippen LogP contribution in [0.3, 0.4) is 0 Å². The van der Waals surface area contributed by atoms with E-state index in [9.17, 15) is 9.90 Å². The van der Waals surface area contributed by atoms with Crippen LogP contribution in [-0.4, -0.2) is 24.2 Å². The van der Waals surface area contributed by atoms with Gasteiger partial charge in [0.25, 0.3) is 0 Å². The second kappa shape index (κ2) is 3.21. The van der Waals surface area contributed by atoms with Crippen LogP contribution < -0.4 is 5.32 Å². The summed E-state index contributed by atoms with van der Waals surface area (Å²) in [5, 5.41) is 12.8. The number of carbonyl (C=O) groups is 1. The molecule has 2 unspecified atom stereocenters. The Labute approximate surface area is 91.2 Å². The molecule has 86 valence electrons. The van der Waals surface area contributed by atoms with Crippen LogP contribution in [0, 0.1) is 22.7 Å². The molecule has 0 spiro atoms. The lowest BCUT2D eigenvalue weighted by atomic mass is 9.51. The fourth-order valence-electron chi connectivity index (χ4n) is 4.32. The number of piperidine rings is 1. The summed E-state index contributed by atoms with van der Waals surface area (Å²) in [7, 11) is 0. The van der Waals surface area contributed by atoms with Gasteiger partial charge >= 0.3 is 5.97 Å². The average molecular weight is 211 g/mol. The van der Waals surface area contributed by atoms with Crippen LogP contribution in [0.1, 0.15) is 33.6 Å². The van der Waals surface area contributed by atoms with Crippen molar-refractivity contribution < 1.29 is 9.90 Å². The van der Waals surface area contributed by atoms with Crippen LogP contribution in [-0.2, 0) is 4.79 Å². The molecule has 0 amide bonds. The van der Waals surface area contributed by atoms with Gasteiger partial charge < -0.3 is 10.4 Å². The largest absolute Gasteiger partial charge is 0.481 e. The van der Waals surface area contributed by atoms with Crippen molar-refractivity contribution in [2.24, 2.45) is 22.7 Å². The Morgan fingerprint density at radius 3 is 2.13 bits per heavy atom. The monoisotopic (exact) mass is 211 g/mol. The predicted molar refractivity (Wildman–Crippen MR) is 58.6 cm³/mol. The van der Waals surface area contributed by atoms with Crippen LogP contribution in [0.2, 0.25) is 0 Å². The molecule has 2 bridgehead atoms. The molecule has 3 heteroatoms. The summed E-state index contributed by atoms with van der Waals surface area (Å²) in [5.74, 6) is -0.131. The number of fused-ring (bicyclic) bond motifs is 2. The molecular weight excluding hydrogens is 190 g/mol. The molecule has 0 aromatic carbocycles. The molecule has 2 aliphatic rings. The maximum absolute atomic E-state index is 11.5. The number of nitrogens with one attached hydrogen (secondary N) is 1. The number of rotatable bonds is 1. The smallest absolute Gasteiger partial charge is 0.307 e. The molecule has 1 aliphatic carbocycles. The number of carboxylic acid groups (broad SMARTS) is 1. The summed E-state index contributed by atoms with van der Waals surface area (Å²) in [6.07, 6.45) is 2.07. The third-order valence-corrected chi connectivity index (χ3v) is 4.33. The van der Waals surface area contributed by atoms with E-state index in [1.807, 2.05) is 0 Å². The lowest BCUT2D eigenvalue weighted by Gasteiger charge is -2.56. The third kappa shape index (κ3) is 1.57. The number of hydrogen-bond donors (Lipinski definition) is 2. The number of carboxylic acids is 1. The van der Waals surface area contributed by atoms with Crippen LogP contribution in [0.15, 0.2) is 0 Å². The first kappa shape index (κ1) is 10.9. The number of hydrogen-bond acceptors (Lipinski definition) is 2. The Kier molecular flexibility index (Phi) is 2.34. The van der Waals surface area contributed by atoms with Crippen molar-refractivity contribution in [2.45, 2.75) is 33.6 Å². The van der Waals surface area contributed by atoms with Crippen molar-refractivity contribution >= 4 is 5.97 Å². The van der Waals surface area contributed by atoms with Gasteiger partial charge in [0.05, 0.1) is 5.92 Å². The third-order valence-electron chi connectivity index (χ3n) is 4.33. The Hall–Kier alpha value is -0.570. The lowest BCUT2D eigenvalue weighted by molar-refractivity contribution is -0.163. The second-order valence-corrected chi connectivity index (χ2v) is 6.20. The summed E-state index contributed by atoms with van der Waals surface area (Å²) < 4.78 is 0. The Morgan fingerprint density at radius 1 is 1.27 bits per heavy atom. The summed E-state index contributed by atoms with van der Waals surface area (Å²) in [6, 6.07) is 0. The first-order valence-electron chi connectivity index (χ1n) is 5.81. The Bertz CT molecular complexity index is 271. The molecule has 15 heavy (non-hydrogen) atoms. The molecule has 1 saturated carbocycles. The van der Waals surface area contributed by atoms with Crippen molar-refractivity contribution in [1.82, 2.24) is 5.32 Å². The molecule has 0 aromatic heterocycles. The zero-order chi connectivity index (χ0) is 11.3. The van der Waals surface area contributed by atoms with Gasteiger partial charge in [-0.1, -0.05) is 20.8 Å². The highest BCUT2D eigenvalue weighted by atomic mass is 16.4. The molecule has 2 atom stereocenters. The second-order valence-electron chi connectivity index (χ2n) is 6.20. The Morgan fingerprint density at radius 2 is 1.73 bits per heavy atom. The van der Waals surface area contributed by atoms with E-state index in [2.05, 4.69) is 26.1 Å². The first-order valence-corrected chi connectivity index (χ1v) is 5.81. The zero-order valence-corrected chi connectivity index (χ0v) is 9.84. The maximum Gasteiger partial charge on any atom is 0.307 e. The van der Waals surface area contributed by atoms with Crippen LogP contribution in [0.25, 0.3) is 0 Å². The minimum Gasteiger partial charge on any atom is -0.481 e. The van der Waals surface area contributed by atoms with Crippen molar-refractivity contribution in [3.8, 4) is 0 Å². The molecular formula is C12H21NO2. The molecule has 2 fully saturated rings. The molecule has 0 aromatic rings. The van der Waals surface area contributed by atoms with Gasteiger partial charge in [0.15, 0.2) is 0 Å². The van der Waals surface area contributed by atoms with Gasteiger partial charge in [0.2, 0.25) is 0 Å². The van der Waals surface area contributed by atoms with Crippen molar-refractivity contribution in [3.63, 3.8) is 0 Å². The molecule has 2 N–H and O–H groups in total. The van der Waals surface area contributed by atoms with Crippen molar-refractivity contribution in [1.29, 1.82) is 0 Å². The molecule has 0 radical (unpaired) electrons. The minimum atomic E-state index is -0.603. The van der Waals surface area contributed by atoms with E-state index in [4.69, 9.17) is 0 Å². The lowest BCUT2D eigenvalue weighted by Crippen LogP contribution is -2.61. The highest BCUT2D eigenvalue weighted by Crippen LogP contribution is 2.54. The fourth-order valence-corrected chi connectivity index (χ4v) is 4.32. The highest BCUT2D eigenvalue weighted by Gasteiger charge is 2.56.